The van der Waals surface area contributed by atoms with Crippen LogP contribution in [0, 0.1) is 6.92 Å². The maximum absolute atomic E-state index is 4.34. The van der Waals surface area contributed by atoms with E-state index in [2.05, 4.69) is 21.5 Å². The molecular formula is C12H21N3S. The molecule has 0 aliphatic heterocycles. The summed E-state index contributed by atoms with van der Waals surface area (Å²) in [6.07, 6.45) is 7.88. The number of hydrogen-bond acceptors (Lipinski definition) is 4. The Balaban J connectivity index is 2.03. The number of thioether (sulfide) groups is 1. The van der Waals surface area contributed by atoms with Gasteiger partial charge in [-0.15, -0.1) is 0 Å². The second kappa shape index (κ2) is 8.53. The van der Waals surface area contributed by atoms with E-state index in [0.29, 0.717) is 0 Å². The molecule has 0 saturated carbocycles. The number of aromatic nitrogens is 2. The van der Waals surface area contributed by atoms with Gasteiger partial charge in [0.05, 0.1) is 5.69 Å². The van der Waals surface area contributed by atoms with Crippen LogP contribution in [0.25, 0.3) is 0 Å². The fraction of sp³-hybridized carbons (Fsp3) is 0.667. The molecule has 16 heavy (non-hydrogen) atoms. The molecule has 0 unspecified atom stereocenters. The molecule has 1 aromatic heterocycles. The van der Waals surface area contributed by atoms with Crippen LogP contribution in [0.4, 0.5) is 0 Å². The van der Waals surface area contributed by atoms with Crippen LogP contribution in [-0.4, -0.2) is 28.5 Å². The average molecular weight is 239 g/mol. The normalized spacial score (nSPS) is 10.6. The molecule has 90 valence electrons. The van der Waals surface area contributed by atoms with Gasteiger partial charge in [-0.05, 0) is 44.4 Å². The molecule has 0 saturated heterocycles. The number of rotatable bonds is 8. The molecule has 4 heteroatoms. The van der Waals surface area contributed by atoms with Gasteiger partial charge in [0, 0.05) is 12.7 Å². The summed E-state index contributed by atoms with van der Waals surface area (Å²) in [5.41, 5.74) is 1.08. The number of nitrogens with zero attached hydrogens (tertiary/aromatic N) is 2. The number of nitrogens with one attached hydrogen (secondary N) is 1. The second-order valence-corrected chi connectivity index (χ2v) is 4.81. The lowest BCUT2D eigenvalue weighted by Gasteiger charge is -2.04. The van der Waals surface area contributed by atoms with E-state index in [1.54, 1.807) is 0 Å². The third kappa shape index (κ3) is 6.08. The minimum Gasteiger partial charge on any atom is -0.311 e. The zero-order chi connectivity index (χ0) is 11.6. The first-order valence-electron chi connectivity index (χ1n) is 5.81. The molecule has 1 heterocycles. The van der Waals surface area contributed by atoms with Crippen LogP contribution in [0.2, 0.25) is 0 Å². The summed E-state index contributed by atoms with van der Waals surface area (Å²) in [6.45, 7) is 3.86. The molecule has 1 rings (SSSR count). The summed E-state index contributed by atoms with van der Waals surface area (Å²) in [4.78, 5) is 8.42. The Labute approximate surface area is 102 Å². The molecule has 0 aliphatic rings. The first-order chi connectivity index (χ1) is 7.83. The first-order valence-corrected chi connectivity index (χ1v) is 7.20. The topological polar surface area (TPSA) is 37.8 Å². The maximum atomic E-state index is 4.34. The molecule has 1 N–H and O–H groups in total. The molecular weight excluding hydrogens is 218 g/mol. The fourth-order valence-corrected chi connectivity index (χ4v) is 1.99. The van der Waals surface area contributed by atoms with Crippen LogP contribution in [0.5, 0.6) is 0 Å². The minimum absolute atomic E-state index is 0.847. The number of hydrogen-bond donors (Lipinski definition) is 1. The van der Waals surface area contributed by atoms with Gasteiger partial charge in [0.2, 0.25) is 0 Å². The Hall–Kier alpha value is -0.610. The molecule has 0 aliphatic carbocycles. The summed E-state index contributed by atoms with van der Waals surface area (Å²) >= 11 is 1.93. The van der Waals surface area contributed by atoms with Gasteiger partial charge in [-0.1, -0.05) is 6.42 Å². The lowest BCUT2D eigenvalue weighted by atomic mass is 10.2. The van der Waals surface area contributed by atoms with Crippen molar-refractivity contribution in [3.8, 4) is 0 Å². The van der Waals surface area contributed by atoms with E-state index in [1.165, 1.54) is 25.0 Å². The maximum Gasteiger partial charge on any atom is 0.125 e. The van der Waals surface area contributed by atoms with E-state index in [0.717, 1.165) is 24.6 Å². The first kappa shape index (κ1) is 13.5. The third-order valence-corrected chi connectivity index (χ3v) is 3.04. The zero-order valence-electron chi connectivity index (χ0n) is 10.2. The van der Waals surface area contributed by atoms with Gasteiger partial charge in [0.25, 0.3) is 0 Å². The van der Waals surface area contributed by atoms with Crippen LogP contribution < -0.4 is 5.32 Å². The van der Waals surface area contributed by atoms with Crippen molar-refractivity contribution in [1.82, 2.24) is 15.3 Å². The smallest absolute Gasteiger partial charge is 0.125 e. The summed E-state index contributed by atoms with van der Waals surface area (Å²) in [5, 5.41) is 3.41. The third-order valence-electron chi connectivity index (χ3n) is 2.34. The van der Waals surface area contributed by atoms with Gasteiger partial charge in [-0.25, -0.2) is 9.97 Å². The summed E-state index contributed by atoms with van der Waals surface area (Å²) in [5.74, 6) is 2.13. The zero-order valence-corrected chi connectivity index (χ0v) is 11.0. The van der Waals surface area contributed by atoms with Crippen molar-refractivity contribution in [2.45, 2.75) is 32.7 Å². The van der Waals surface area contributed by atoms with E-state index in [1.807, 2.05) is 30.9 Å². The van der Waals surface area contributed by atoms with Crippen LogP contribution in [0.15, 0.2) is 12.3 Å². The summed E-state index contributed by atoms with van der Waals surface area (Å²) in [6, 6.07) is 1.97. The number of aryl methyl sites for hydroxylation is 1. The van der Waals surface area contributed by atoms with Gasteiger partial charge in [0.15, 0.2) is 0 Å². The van der Waals surface area contributed by atoms with E-state index >= 15 is 0 Å². The van der Waals surface area contributed by atoms with E-state index in [4.69, 9.17) is 0 Å². The van der Waals surface area contributed by atoms with E-state index in [-0.39, 0.29) is 0 Å². The minimum atomic E-state index is 0.847. The van der Waals surface area contributed by atoms with Crippen molar-refractivity contribution in [1.29, 1.82) is 0 Å². The van der Waals surface area contributed by atoms with Gasteiger partial charge < -0.3 is 5.32 Å². The number of unbranched alkanes of at least 4 members (excludes halogenated alkanes) is 2. The van der Waals surface area contributed by atoms with Gasteiger partial charge in [-0.3, -0.25) is 0 Å². The molecule has 0 aromatic carbocycles. The van der Waals surface area contributed by atoms with E-state index in [9.17, 15) is 0 Å². The van der Waals surface area contributed by atoms with Gasteiger partial charge >= 0.3 is 0 Å². The Morgan fingerprint density at radius 3 is 2.94 bits per heavy atom. The molecule has 0 spiro atoms. The lowest BCUT2D eigenvalue weighted by molar-refractivity contribution is 0.611. The van der Waals surface area contributed by atoms with Crippen molar-refractivity contribution in [3.63, 3.8) is 0 Å². The van der Waals surface area contributed by atoms with Crippen LogP contribution in [0.1, 0.15) is 30.8 Å². The van der Waals surface area contributed by atoms with Gasteiger partial charge in [0.1, 0.15) is 5.82 Å². The van der Waals surface area contributed by atoms with E-state index < -0.39 is 0 Å². The van der Waals surface area contributed by atoms with Crippen LogP contribution in [0.3, 0.4) is 0 Å². The second-order valence-electron chi connectivity index (χ2n) is 3.83. The van der Waals surface area contributed by atoms with Crippen molar-refractivity contribution in [2.75, 3.05) is 18.6 Å². The SMILES string of the molecule is CSCCCCCNCc1ccnc(C)n1. The highest BCUT2D eigenvalue weighted by Crippen LogP contribution is 2.01. The average Bonchev–Trinajstić information content (AvgIpc) is 2.28. The Morgan fingerprint density at radius 2 is 2.19 bits per heavy atom. The fourth-order valence-electron chi connectivity index (χ4n) is 1.49. The molecule has 0 radical (unpaired) electrons. The largest absolute Gasteiger partial charge is 0.311 e. The molecule has 0 amide bonds. The molecule has 0 bridgehead atoms. The summed E-state index contributed by atoms with van der Waals surface area (Å²) in [7, 11) is 0. The Bertz CT molecular complexity index is 291. The molecule has 0 atom stereocenters. The highest BCUT2D eigenvalue weighted by molar-refractivity contribution is 7.98. The molecule has 3 nitrogen and oxygen atoms in total. The summed E-state index contributed by atoms with van der Waals surface area (Å²) < 4.78 is 0. The monoisotopic (exact) mass is 239 g/mol. The van der Waals surface area contributed by atoms with Crippen LogP contribution >= 0.6 is 11.8 Å². The predicted octanol–water partition coefficient (Wildman–Crippen LogP) is 2.41. The highest BCUT2D eigenvalue weighted by atomic mass is 32.2. The van der Waals surface area contributed by atoms with Crippen molar-refractivity contribution < 1.29 is 0 Å². The predicted molar refractivity (Wildman–Crippen MR) is 70.7 cm³/mol. The van der Waals surface area contributed by atoms with Gasteiger partial charge in [-0.2, -0.15) is 11.8 Å². The lowest BCUT2D eigenvalue weighted by Crippen LogP contribution is -2.16. The molecule has 0 fully saturated rings. The quantitative estimate of drug-likeness (QED) is 0.707. The van der Waals surface area contributed by atoms with Crippen LogP contribution in [-0.2, 0) is 6.54 Å². The standard InChI is InChI=1S/C12H21N3S/c1-11-14-8-6-12(15-11)10-13-7-4-3-5-9-16-2/h6,8,13H,3-5,7,9-10H2,1-2H3. The van der Waals surface area contributed by atoms with Crippen molar-refractivity contribution in [2.24, 2.45) is 0 Å². The van der Waals surface area contributed by atoms with Crippen molar-refractivity contribution >= 4 is 11.8 Å². The highest BCUT2D eigenvalue weighted by Gasteiger charge is 1.95. The Kier molecular flexibility index (Phi) is 7.17. The Morgan fingerprint density at radius 1 is 1.31 bits per heavy atom. The molecule has 1 aromatic rings. The van der Waals surface area contributed by atoms with Crippen molar-refractivity contribution in [3.05, 3.63) is 23.8 Å².